The first kappa shape index (κ1) is 14.8. The lowest BCUT2D eigenvalue weighted by molar-refractivity contribution is -0.144. The third-order valence-electron chi connectivity index (χ3n) is 3.37. The fraction of sp³-hybridized carbons (Fsp3) is 0.333. The first-order valence-corrected chi connectivity index (χ1v) is 7.31. The molecule has 0 saturated carbocycles. The summed E-state index contributed by atoms with van der Waals surface area (Å²) >= 11 is 3.35. The minimum absolute atomic E-state index is 0.126. The zero-order chi connectivity index (χ0) is 14.5. The number of likely N-dealkylation sites (tertiary alicyclic amines) is 1. The molecule has 1 aromatic carbocycles. The highest BCUT2D eigenvalue weighted by atomic mass is 79.9. The van der Waals surface area contributed by atoms with Gasteiger partial charge in [-0.15, -0.1) is 0 Å². The molecule has 1 aliphatic rings. The molecule has 5 heteroatoms. The Morgan fingerprint density at radius 2 is 2.00 bits per heavy atom. The number of amides is 1. The molecule has 106 valence electrons. The van der Waals surface area contributed by atoms with E-state index >= 15 is 0 Å². The lowest BCUT2D eigenvalue weighted by Crippen LogP contribution is -2.41. The second kappa shape index (κ2) is 6.70. The first-order valence-electron chi connectivity index (χ1n) is 6.51. The largest absolute Gasteiger partial charge is 0.481 e. The summed E-state index contributed by atoms with van der Waals surface area (Å²) in [5.74, 6) is -1.38. The molecule has 1 aliphatic heterocycles. The molecule has 1 atom stereocenters. The van der Waals surface area contributed by atoms with Gasteiger partial charge in [-0.25, -0.2) is 0 Å². The van der Waals surface area contributed by atoms with Crippen LogP contribution in [0.1, 0.15) is 18.4 Å². The van der Waals surface area contributed by atoms with E-state index < -0.39 is 11.9 Å². The number of nitrogens with zero attached hydrogens (tertiary/aromatic N) is 1. The smallest absolute Gasteiger partial charge is 0.308 e. The Morgan fingerprint density at radius 1 is 1.30 bits per heavy atom. The Hall–Kier alpha value is -1.62. The highest BCUT2D eigenvalue weighted by Crippen LogP contribution is 2.17. The Morgan fingerprint density at radius 3 is 2.65 bits per heavy atom. The summed E-state index contributed by atoms with van der Waals surface area (Å²) in [6.07, 6.45) is 4.65. The topological polar surface area (TPSA) is 57.6 Å². The molecule has 2 rings (SSSR count). The normalized spacial score (nSPS) is 19.2. The van der Waals surface area contributed by atoms with E-state index in [0.717, 1.165) is 16.5 Å². The molecular formula is C15H16BrNO3. The summed E-state index contributed by atoms with van der Waals surface area (Å²) in [6.45, 7) is 0.937. The Balaban J connectivity index is 1.97. The van der Waals surface area contributed by atoms with Gasteiger partial charge in [0.25, 0.3) is 0 Å². The Labute approximate surface area is 126 Å². The number of piperidine rings is 1. The zero-order valence-corrected chi connectivity index (χ0v) is 12.5. The molecular weight excluding hydrogens is 322 g/mol. The average molecular weight is 338 g/mol. The average Bonchev–Trinajstić information content (AvgIpc) is 2.46. The maximum atomic E-state index is 12.0. The third-order valence-corrected chi connectivity index (χ3v) is 3.90. The number of rotatable bonds is 3. The van der Waals surface area contributed by atoms with Crippen LogP contribution in [0.2, 0.25) is 0 Å². The van der Waals surface area contributed by atoms with Gasteiger partial charge in [-0.2, -0.15) is 0 Å². The quantitative estimate of drug-likeness (QED) is 0.863. The van der Waals surface area contributed by atoms with Crippen LogP contribution in [0.4, 0.5) is 0 Å². The molecule has 0 bridgehead atoms. The van der Waals surface area contributed by atoms with Gasteiger partial charge in [0.1, 0.15) is 0 Å². The summed E-state index contributed by atoms with van der Waals surface area (Å²) in [7, 11) is 0. The van der Waals surface area contributed by atoms with Crippen LogP contribution in [0, 0.1) is 5.92 Å². The highest BCUT2D eigenvalue weighted by Gasteiger charge is 2.26. The van der Waals surface area contributed by atoms with E-state index in [0.29, 0.717) is 19.5 Å². The number of aliphatic carboxylic acids is 1. The summed E-state index contributed by atoms with van der Waals surface area (Å²) in [4.78, 5) is 24.6. The van der Waals surface area contributed by atoms with Crippen molar-refractivity contribution in [3.8, 4) is 0 Å². The van der Waals surface area contributed by atoms with Crippen molar-refractivity contribution in [3.05, 3.63) is 40.4 Å². The predicted octanol–water partition coefficient (Wildman–Crippen LogP) is 2.79. The number of benzene rings is 1. The van der Waals surface area contributed by atoms with Crippen molar-refractivity contribution < 1.29 is 14.7 Å². The van der Waals surface area contributed by atoms with Crippen molar-refractivity contribution in [2.75, 3.05) is 13.1 Å². The van der Waals surface area contributed by atoms with Crippen molar-refractivity contribution in [2.24, 2.45) is 5.92 Å². The van der Waals surface area contributed by atoms with Gasteiger partial charge >= 0.3 is 5.97 Å². The van der Waals surface area contributed by atoms with E-state index in [2.05, 4.69) is 15.9 Å². The van der Waals surface area contributed by atoms with Crippen LogP contribution in [-0.4, -0.2) is 35.0 Å². The first-order chi connectivity index (χ1) is 9.56. The third kappa shape index (κ3) is 3.93. The molecule has 0 aliphatic carbocycles. The molecule has 0 radical (unpaired) electrons. The van der Waals surface area contributed by atoms with Gasteiger partial charge in [0.2, 0.25) is 5.91 Å². The molecule has 0 spiro atoms. The standard InChI is InChI=1S/C15H16BrNO3/c16-13-6-3-11(4-7-13)5-8-14(18)17-9-1-2-12(10-17)15(19)20/h3-8,12H,1-2,9-10H2,(H,19,20)/b8-5+/t12-/m0/s1. The van der Waals surface area contributed by atoms with Gasteiger partial charge in [0.05, 0.1) is 5.92 Å². The molecule has 1 saturated heterocycles. The van der Waals surface area contributed by atoms with Gasteiger partial charge in [0, 0.05) is 23.6 Å². The molecule has 1 fully saturated rings. The molecule has 0 unspecified atom stereocenters. The summed E-state index contributed by atoms with van der Waals surface area (Å²) in [6, 6.07) is 7.63. The zero-order valence-electron chi connectivity index (χ0n) is 11.0. The van der Waals surface area contributed by atoms with Crippen LogP contribution < -0.4 is 0 Å². The van der Waals surface area contributed by atoms with Crippen molar-refractivity contribution in [1.29, 1.82) is 0 Å². The lowest BCUT2D eigenvalue weighted by atomic mass is 9.98. The predicted molar refractivity (Wildman–Crippen MR) is 80.1 cm³/mol. The van der Waals surface area contributed by atoms with E-state index in [4.69, 9.17) is 5.11 Å². The van der Waals surface area contributed by atoms with Gasteiger partial charge in [0.15, 0.2) is 0 Å². The van der Waals surface area contributed by atoms with E-state index in [9.17, 15) is 9.59 Å². The van der Waals surface area contributed by atoms with Crippen LogP contribution in [0.3, 0.4) is 0 Å². The number of carboxylic acid groups (broad SMARTS) is 1. The van der Waals surface area contributed by atoms with Crippen LogP contribution in [0.25, 0.3) is 6.08 Å². The highest BCUT2D eigenvalue weighted by molar-refractivity contribution is 9.10. The molecule has 1 amide bonds. The number of carboxylic acids is 1. The van der Waals surface area contributed by atoms with Gasteiger partial charge < -0.3 is 10.0 Å². The number of carbonyl (C=O) groups excluding carboxylic acids is 1. The van der Waals surface area contributed by atoms with Crippen LogP contribution in [0.5, 0.6) is 0 Å². The second-order valence-electron chi connectivity index (χ2n) is 4.85. The number of hydrogen-bond donors (Lipinski definition) is 1. The monoisotopic (exact) mass is 337 g/mol. The van der Waals surface area contributed by atoms with Gasteiger partial charge in [-0.05, 0) is 36.6 Å². The van der Waals surface area contributed by atoms with E-state index in [1.807, 2.05) is 24.3 Å². The van der Waals surface area contributed by atoms with Crippen molar-refractivity contribution >= 4 is 33.9 Å². The van der Waals surface area contributed by atoms with Crippen molar-refractivity contribution in [2.45, 2.75) is 12.8 Å². The Kier molecular flexibility index (Phi) is 4.95. The Bertz CT molecular complexity index is 524. The van der Waals surface area contributed by atoms with Crippen molar-refractivity contribution in [1.82, 2.24) is 4.90 Å². The fourth-order valence-electron chi connectivity index (χ4n) is 2.23. The van der Waals surface area contributed by atoms with Crippen molar-refractivity contribution in [3.63, 3.8) is 0 Å². The molecule has 4 nitrogen and oxygen atoms in total. The van der Waals surface area contributed by atoms with Gasteiger partial charge in [-0.1, -0.05) is 28.1 Å². The van der Waals surface area contributed by atoms with E-state index in [1.54, 1.807) is 11.0 Å². The van der Waals surface area contributed by atoms with Gasteiger partial charge in [-0.3, -0.25) is 9.59 Å². The van der Waals surface area contributed by atoms with Crippen LogP contribution >= 0.6 is 15.9 Å². The SMILES string of the molecule is O=C(O)[C@H]1CCCN(C(=O)/C=C/c2ccc(Br)cc2)C1. The summed E-state index contributed by atoms with van der Waals surface area (Å²) in [5.41, 5.74) is 0.938. The minimum Gasteiger partial charge on any atom is -0.481 e. The maximum Gasteiger partial charge on any atom is 0.308 e. The molecule has 1 aromatic rings. The minimum atomic E-state index is -0.820. The van der Waals surface area contributed by atoms with E-state index in [-0.39, 0.29) is 5.91 Å². The molecule has 1 heterocycles. The number of halogens is 1. The summed E-state index contributed by atoms with van der Waals surface area (Å²) < 4.78 is 0.987. The summed E-state index contributed by atoms with van der Waals surface area (Å²) in [5, 5.41) is 9.01. The molecule has 0 aromatic heterocycles. The van der Waals surface area contributed by atoms with Crippen LogP contribution in [-0.2, 0) is 9.59 Å². The molecule has 1 N–H and O–H groups in total. The van der Waals surface area contributed by atoms with E-state index in [1.165, 1.54) is 6.08 Å². The number of carbonyl (C=O) groups is 2. The maximum absolute atomic E-state index is 12.0. The second-order valence-corrected chi connectivity index (χ2v) is 5.76. The van der Waals surface area contributed by atoms with Crippen LogP contribution in [0.15, 0.2) is 34.8 Å². The fourth-order valence-corrected chi connectivity index (χ4v) is 2.49. The molecule has 20 heavy (non-hydrogen) atoms. The number of hydrogen-bond acceptors (Lipinski definition) is 2. The lowest BCUT2D eigenvalue weighted by Gasteiger charge is -2.29.